The average molecular weight is 318 g/mol. The highest BCUT2D eigenvalue weighted by atomic mass is 35.5. The van der Waals surface area contributed by atoms with Gasteiger partial charge in [-0.3, -0.25) is 0 Å². The second kappa shape index (κ2) is 6.08. The largest absolute Gasteiger partial charge is 0.423 e. The van der Waals surface area contributed by atoms with Crippen LogP contribution in [0.2, 0.25) is 10.6 Å². The van der Waals surface area contributed by atoms with Crippen molar-refractivity contribution in [2.24, 2.45) is 0 Å². The molecule has 3 aromatic rings. The van der Waals surface area contributed by atoms with Crippen molar-refractivity contribution >= 4 is 23.2 Å². The predicted molar refractivity (Wildman–Crippen MR) is 81.8 cm³/mol. The Labute approximate surface area is 131 Å². The predicted octanol–water partition coefficient (Wildman–Crippen LogP) is 4.64. The van der Waals surface area contributed by atoms with Crippen LogP contribution in [0.15, 0.2) is 54.6 Å². The highest BCUT2D eigenvalue weighted by Gasteiger charge is 2.10. The van der Waals surface area contributed by atoms with Crippen molar-refractivity contribution < 1.29 is 4.74 Å². The highest BCUT2D eigenvalue weighted by Crippen LogP contribution is 2.32. The first-order chi connectivity index (χ1) is 10.2. The number of rotatable bonds is 3. The number of hydrogen-bond acceptors (Lipinski definition) is 4. The molecule has 4 nitrogen and oxygen atoms in total. The normalized spacial score (nSPS) is 10.4. The highest BCUT2D eigenvalue weighted by molar-refractivity contribution is 6.31. The van der Waals surface area contributed by atoms with Gasteiger partial charge in [0.05, 0.1) is 0 Å². The van der Waals surface area contributed by atoms with Crippen LogP contribution >= 0.6 is 23.2 Å². The minimum absolute atomic E-state index is 0.0119. The fourth-order valence-electron chi connectivity index (χ4n) is 1.86. The van der Waals surface area contributed by atoms with Gasteiger partial charge in [-0.1, -0.05) is 48.5 Å². The molecule has 1 heterocycles. The zero-order chi connectivity index (χ0) is 14.7. The fraction of sp³-hybridized carbons (Fsp3) is 0. The van der Waals surface area contributed by atoms with Gasteiger partial charge in [-0.25, -0.2) is 0 Å². The minimum Gasteiger partial charge on any atom is -0.423 e. The third-order valence-corrected chi connectivity index (χ3v) is 3.07. The molecule has 0 aliphatic rings. The van der Waals surface area contributed by atoms with Crippen LogP contribution in [0.3, 0.4) is 0 Å². The summed E-state index contributed by atoms with van der Waals surface area (Å²) >= 11 is 11.5. The van der Waals surface area contributed by atoms with E-state index in [2.05, 4.69) is 15.0 Å². The Balaban J connectivity index is 2.00. The van der Waals surface area contributed by atoms with E-state index in [4.69, 9.17) is 27.9 Å². The van der Waals surface area contributed by atoms with E-state index in [0.717, 1.165) is 11.1 Å². The molecule has 1 aromatic heterocycles. The summed E-state index contributed by atoms with van der Waals surface area (Å²) in [6.45, 7) is 0. The number of nitrogens with zero attached hydrogens (tertiary/aromatic N) is 3. The second-order valence-electron chi connectivity index (χ2n) is 4.12. The molecule has 0 N–H and O–H groups in total. The van der Waals surface area contributed by atoms with E-state index < -0.39 is 0 Å². The van der Waals surface area contributed by atoms with E-state index in [9.17, 15) is 0 Å². The smallest absolute Gasteiger partial charge is 0.327 e. The van der Waals surface area contributed by atoms with Crippen molar-refractivity contribution in [1.82, 2.24) is 15.0 Å². The molecule has 21 heavy (non-hydrogen) atoms. The van der Waals surface area contributed by atoms with E-state index in [0.29, 0.717) is 5.75 Å². The Morgan fingerprint density at radius 3 is 2.05 bits per heavy atom. The summed E-state index contributed by atoms with van der Waals surface area (Å²) in [6.07, 6.45) is 0. The summed E-state index contributed by atoms with van der Waals surface area (Å²) in [5.74, 6) is 0.613. The van der Waals surface area contributed by atoms with Crippen molar-refractivity contribution in [3.63, 3.8) is 0 Å². The summed E-state index contributed by atoms with van der Waals surface area (Å²) in [5.41, 5.74) is 1.95. The van der Waals surface area contributed by atoms with Gasteiger partial charge in [0.25, 0.3) is 0 Å². The van der Waals surface area contributed by atoms with E-state index >= 15 is 0 Å². The molecule has 0 unspecified atom stereocenters. The van der Waals surface area contributed by atoms with Crippen LogP contribution in [0.1, 0.15) is 0 Å². The number of para-hydroxylation sites is 1. The van der Waals surface area contributed by atoms with Crippen molar-refractivity contribution in [2.45, 2.75) is 0 Å². The first kappa shape index (κ1) is 13.8. The van der Waals surface area contributed by atoms with Crippen LogP contribution in [0.25, 0.3) is 11.1 Å². The molecule has 6 heteroatoms. The lowest BCUT2D eigenvalue weighted by Gasteiger charge is -2.09. The van der Waals surface area contributed by atoms with Crippen LogP contribution in [-0.2, 0) is 0 Å². The number of ether oxygens (including phenoxy) is 1. The van der Waals surface area contributed by atoms with Gasteiger partial charge in [0.15, 0.2) is 0 Å². The van der Waals surface area contributed by atoms with Gasteiger partial charge in [0, 0.05) is 5.56 Å². The molecule has 0 bridgehead atoms. The topological polar surface area (TPSA) is 47.9 Å². The molecule has 0 amide bonds. The van der Waals surface area contributed by atoms with E-state index in [1.807, 2.05) is 54.6 Å². The van der Waals surface area contributed by atoms with Gasteiger partial charge in [-0.05, 0) is 34.8 Å². The molecule has 0 saturated carbocycles. The Hall–Kier alpha value is -2.17. The maximum Gasteiger partial charge on any atom is 0.327 e. The first-order valence-electron chi connectivity index (χ1n) is 6.12. The summed E-state index contributed by atoms with van der Waals surface area (Å²) < 4.78 is 5.69. The lowest BCUT2D eigenvalue weighted by Crippen LogP contribution is -1.96. The Morgan fingerprint density at radius 2 is 1.33 bits per heavy atom. The van der Waals surface area contributed by atoms with E-state index in [1.165, 1.54) is 0 Å². The molecule has 0 saturated heterocycles. The first-order valence-corrected chi connectivity index (χ1v) is 6.87. The van der Waals surface area contributed by atoms with Crippen LogP contribution < -0.4 is 4.74 Å². The van der Waals surface area contributed by atoms with Crippen molar-refractivity contribution in [3.8, 4) is 22.9 Å². The number of hydrogen-bond donors (Lipinski definition) is 0. The fourth-order valence-corrected chi connectivity index (χ4v) is 2.21. The number of halogens is 2. The van der Waals surface area contributed by atoms with Crippen LogP contribution in [0.5, 0.6) is 11.8 Å². The van der Waals surface area contributed by atoms with E-state index in [-0.39, 0.29) is 16.6 Å². The molecule has 0 fully saturated rings. The number of benzene rings is 2. The maximum absolute atomic E-state index is 5.75. The third-order valence-electron chi connectivity index (χ3n) is 2.73. The minimum atomic E-state index is -0.0119. The Bertz CT molecular complexity index is 746. The molecule has 0 aliphatic heterocycles. The van der Waals surface area contributed by atoms with E-state index in [1.54, 1.807) is 0 Å². The van der Waals surface area contributed by atoms with Crippen molar-refractivity contribution in [3.05, 3.63) is 65.2 Å². The molecule has 0 radical (unpaired) electrons. The number of aromatic nitrogens is 3. The molecular formula is C15H9Cl2N3O. The van der Waals surface area contributed by atoms with Crippen LogP contribution in [-0.4, -0.2) is 15.0 Å². The van der Waals surface area contributed by atoms with Crippen molar-refractivity contribution in [1.29, 1.82) is 0 Å². The molecule has 0 spiro atoms. The maximum atomic E-state index is 5.75. The lowest BCUT2D eigenvalue weighted by atomic mass is 10.1. The summed E-state index contributed by atoms with van der Waals surface area (Å²) in [5, 5.41) is -0.0237. The Morgan fingerprint density at radius 1 is 0.714 bits per heavy atom. The van der Waals surface area contributed by atoms with Gasteiger partial charge in [-0.15, -0.1) is 0 Å². The second-order valence-corrected chi connectivity index (χ2v) is 4.80. The van der Waals surface area contributed by atoms with Crippen molar-refractivity contribution in [2.75, 3.05) is 0 Å². The average Bonchev–Trinajstić information content (AvgIpc) is 2.48. The third kappa shape index (κ3) is 3.29. The van der Waals surface area contributed by atoms with Gasteiger partial charge >= 0.3 is 6.01 Å². The summed E-state index contributed by atoms with van der Waals surface area (Å²) in [7, 11) is 0. The molecule has 2 aromatic carbocycles. The summed E-state index contributed by atoms with van der Waals surface area (Å²) in [4.78, 5) is 11.5. The standard InChI is InChI=1S/C15H9Cl2N3O/c16-13-18-14(17)20-15(19-13)21-12-9-5-4-8-11(12)10-6-2-1-3-7-10/h1-9H. The monoisotopic (exact) mass is 317 g/mol. The van der Waals surface area contributed by atoms with Gasteiger partial charge in [-0.2, -0.15) is 15.0 Å². The zero-order valence-corrected chi connectivity index (χ0v) is 12.2. The van der Waals surface area contributed by atoms with Gasteiger partial charge in [0.2, 0.25) is 10.6 Å². The molecule has 0 aliphatic carbocycles. The molecule has 104 valence electrons. The van der Waals surface area contributed by atoms with Gasteiger partial charge < -0.3 is 4.74 Å². The quantitative estimate of drug-likeness (QED) is 0.706. The lowest BCUT2D eigenvalue weighted by molar-refractivity contribution is 0.441. The summed E-state index contributed by atoms with van der Waals surface area (Å²) in [6, 6.07) is 17.5. The van der Waals surface area contributed by atoms with Crippen LogP contribution in [0, 0.1) is 0 Å². The zero-order valence-electron chi connectivity index (χ0n) is 10.7. The molecular weight excluding hydrogens is 309 g/mol. The molecule has 0 atom stereocenters. The Kier molecular flexibility index (Phi) is 3.99. The van der Waals surface area contributed by atoms with Crippen LogP contribution in [0.4, 0.5) is 0 Å². The SMILES string of the molecule is Clc1nc(Cl)nc(Oc2ccccc2-c2ccccc2)n1. The van der Waals surface area contributed by atoms with Gasteiger partial charge in [0.1, 0.15) is 5.75 Å². The molecule has 3 rings (SSSR count).